The van der Waals surface area contributed by atoms with E-state index in [4.69, 9.17) is 5.73 Å². The molecule has 1 saturated heterocycles. The molecule has 5 unspecified atom stereocenters. The number of phenolic OH excluding ortho intramolecular Hbond substituents is 2. The van der Waals surface area contributed by atoms with Crippen LogP contribution in [0.15, 0.2) is 48.5 Å². The molecule has 0 radical (unpaired) electrons. The molecule has 210 valence electrons. The number of amides is 3. The van der Waals surface area contributed by atoms with Crippen molar-refractivity contribution in [2.75, 3.05) is 6.54 Å². The van der Waals surface area contributed by atoms with Crippen LogP contribution >= 0.6 is 0 Å². The van der Waals surface area contributed by atoms with Crippen LogP contribution in [0.4, 0.5) is 0 Å². The first-order chi connectivity index (χ1) is 18.5. The van der Waals surface area contributed by atoms with Crippen LogP contribution < -0.4 is 16.4 Å². The van der Waals surface area contributed by atoms with Gasteiger partial charge in [-0.3, -0.25) is 14.4 Å². The number of nitrogens with zero attached hydrogens (tertiary/aromatic N) is 1. The Labute approximate surface area is 225 Å². The van der Waals surface area contributed by atoms with Crippen molar-refractivity contribution in [3.05, 3.63) is 59.7 Å². The number of aliphatic hydroxyl groups excluding tert-OH is 1. The van der Waals surface area contributed by atoms with Crippen molar-refractivity contribution < 1.29 is 39.6 Å². The number of aliphatic carboxylic acids is 1. The normalized spacial score (nSPS) is 18.0. The van der Waals surface area contributed by atoms with Gasteiger partial charge in [0.15, 0.2) is 0 Å². The average molecular weight is 543 g/mol. The predicted octanol–water partition coefficient (Wildman–Crippen LogP) is -0.364. The highest BCUT2D eigenvalue weighted by molar-refractivity contribution is 5.94. The van der Waals surface area contributed by atoms with Crippen molar-refractivity contribution in [2.45, 2.75) is 62.9 Å². The Morgan fingerprint density at radius 1 is 0.923 bits per heavy atom. The largest absolute Gasteiger partial charge is 0.508 e. The quantitative estimate of drug-likeness (QED) is 0.198. The summed E-state index contributed by atoms with van der Waals surface area (Å²) in [5.41, 5.74) is 6.96. The summed E-state index contributed by atoms with van der Waals surface area (Å²) in [5, 5.41) is 43.5. The fourth-order valence-electron chi connectivity index (χ4n) is 4.39. The van der Waals surface area contributed by atoms with Crippen molar-refractivity contribution >= 4 is 23.7 Å². The second-order valence-electron chi connectivity index (χ2n) is 9.66. The van der Waals surface area contributed by atoms with Crippen LogP contribution in [-0.2, 0) is 32.0 Å². The molecule has 0 saturated carbocycles. The van der Waals surface area contributed by atoms with Crippen LogP contribution in [-0.4, -0.2) is 85.8 Å². The number of carboxylic acids is 1. The van der Waals surface area contributed by atoms with E-state index in [-0.39, 0.29) is 30.9 Å². The molecule has 0 bridgehead atoms. The van der Waals surface area contributed by atoms with Crippen molar-refractivity contribution in [3.63, 3.8) is 0 Å². The number of nitrogens with one attached hydrogen (secondary N) is 2. The van der Waals surface area contributed by atoms with E-state index in [0.29, 0.717) is 24.0 Å². The Hall–Kier alpha value is -4.16. The molecule has 1 fully saturated rings. The molecule has 5 atom stereocenters. The number of benzene rings is 2. The van der Waals surface area contributed by atoms with Crippen LogP contribution in [0.3, 0.4) is 0 Å². The number of hydrogen-bond donors (Lipinski definition) is 7. The van der Waals surface area contributed by atoms with E-state index >= 15 is 0 Å². The minimum atomic E-state index is -1.28. The number of nitrogens with two attached hydrogens (primary N) is 1. The van der Waals surface area contributed by atoms with E-state index < -0.39 is 54.0 Å². The number of hydrogen-bond acceptors (Lipinski definition) is 8. The zero-order valence-corrected chi connectivity index (χ0v) is 21.5. The second kappa shape index (κ2) is 13.1. The Bertz CT molecular complexity index is 1170. The monoisotopic (exact) mass is 542 g/mol. The van der Waals surface area contributed by atoms with Gasteiger partial charge < -0.3 is 41.7 Å². The van der Waals surface area contributed by atoms with Crippen LogP contribution in [0.5, 0.6) is 11.5 Å². The summed E-state index contributed by atoms with van der Waals surface area (Å²) in [7, 11) is 0. The average Bonchev–Trinajstić information content (AvgIpc) is 3.39. The standard InChI is InChI=1S/C27H34N4O8/c1-15(32)23(28)25(36)29-20(13-16-4-8-18(33)9-5-16)26(37)31-12-2-3-22(31)24(35)30-21(27(38)39)14-17-6-10-19(34)11-7-17/h4-11,15,20-23,32-34H,2-3,12-14,28H2,1H3,(H,29,36)(H,30,35)(H,38,39). The third-order valence-electron chi connectivity index (χ3n) is 6.64. The summed E-state index contributed by atoms with van der Waals surface area (Å²) in [6.07, 6.45) is -0.371. The van der Waals surface area contributed by atoms with Gasteiger partial charge in [0.2, 0.25) is 17.7 Å². The highest BCUT2D eigenvalue weighted by Gasteiger charge is 2.39. The predicted molar refractivity (Wildman–Crippen MR) is 140 cm³/mol. The summed E-state index contributed by atoms with van der Waals surface area (Å²) < 4.78 is 0. The number of likely N-dealkylation sites (tertiary alicyclic amines) is 1. The first-order valence-electron chi connectivity index (χ1n) is 12.6. The minimum absolute atomic E-state index is 0.0260. The van der Waals surface area contributed by atoms with Crippen LogP contribution in [0.2, 0.25) is 0 Å². The van der Waals surface area contributed by atoms with Crippen molar-refractivity contribution in [1.29, 1.82) is 0 Å². The fourth-order valence-corrected chi connectivity index (χ4v) is 4.39. The van der Waals surface area contributed by atoms with Gasteiger partial charge in [-0.1, -0.05) is 24.3 Å². The van der Waals surface area contributed by atoms with Gasteiger partial charge in [-0.25, -0.2) is 4.79 Å². The molecular formula is C27H34N4O8. The van der Waals surface area contributed by atoms with Gasteiger partial charge in [-0.05, 0) is 55.2 Å². The minimum Gasteiger partial charge on any atom is -0.508 e. The zero-order chi connectivity index (χ0) is 28.7. The second-order valence-corrected chi connectivity index (χ2v) is 9.66. The van der Waals surface area contributed by atoms with E-state index in [1.165, 1.54) is 36.1 Å². The first-order valence-corrected chi connectivity index (χ1v) is 12.6. The molecule has 0 aliphatic carbocycles. The van der Waals surface area contributed by atoms with E-state index in [1.54, 1.807) is 24.3 Å². The van der Waals surface area contributed by atoms with Gasteiger partial charge in [0.25, 0.3) is 0 Å². The van der Waals surface area contributed by atoms with Gasteiger partial charge in [0.05, 0.1) is 6.10 Å². The van der Waals surface area contributed by atoms with Gasteiger partial charge >= 0.3 is 5.97 Å². The Kier molecular flexibility index (Phi) is 9.85. The molecule has 8 N–H and O–H groups in total. The van der Waals surface area contributed by atoms with Gasteiger partial charge in [-0.2, -0.15) is 0 Å². The number of rotatable bonds is 11. The lowest BCUT2D eigenvalue weighted by atomic mass is 10.0. The van der Waals surface area contributed by atoms with E-state index in [0.717, 1.165) is 0 Å². The topological polar surface area (TPSA) is 203 Å². The summed E-state index contributed by atoms with van der Waals surface area (Å²) in [5.74, 6) is -3.14. The molecule has 0 aromatic heterocycles. The highest BCUT2D eigenvalue weighted by atomic mass is 16.4. The van der Waals surface area contributed by atoms with E-state index in [1.807, 2.05) is 0 Å². The maximum absolute atomic E-state index is 13.6. The molecule has 3 rings (SSSR count). The van der Waals surface area contributed by atoms with Crippen LogP contribution in [0, 0.1) is 0 Å². The summed E-state index contributed by atoms with van der Waals surface area (Å²) >= 11 is 0. The Balaban J connectivity index is 1.77. The number of carboxylic acid groups (broad SMARTS) is 1. The number of carbonyl (C=O) groups excluding carboxylic acids is 3. The van der Waals surface area contributed by atoms with Gasteiger partial charge in [-0.15, -0.1) is 0 Å². The summed E-state index contributed by atoms with van der Waals surface area (Å²) in [6, 6.07) is 7.35. The molecule has 2 aromatic rings. The smallest absolute Gasteiger partial charge is 0.326 e. The van der Waals surface area contributed by atoms with Crippen LogP contribution in [0.25, 0.3) is 0 Å². The third-order valence-corrected chi connectivity index (χ3v) is 6.64. The number of aromatic hydroxyl groups is 2. The zero-order valence-electron chi connectivity index (χ0n) is 21.5. The molecule has 12 heteroatoms. The first kappa shape index (κ1) is 29.4. The summed E-state index contributed by atoms with van der Waals surface area (Å²) in [6.45, 7) is 1.57. The lowest BCUT2D eigenvalue weighted by molar-refractivity contribution is -0.145. The SMILES string of the molecule is CC(O)C(N)C(=O)NC(Cc1ccc(O)cc1)C(=O)N1CCCC1C(=O)NC(Cc1ccc(O)cc1)C(=O)O. The van der Waals surface area contributed by atoms with Crippen molar-refractivity contribution in [3.8, 4) is 11.5 Å². The number of aliphatic hydroxyl groups is 1. The molecule has 3 amide bonds. The van der Waals surface area contributed by atoms with Crippen molar-refractivity contribution in [2.24, 2.45) is 5.73 Å². The molecule has 1 aliphatic rings. The summed E-state index contributed by atoms with van der Waals surface area (Å²) in [4.78, 5) is 52.6. The van der Waals surface area contributed by atoms with Crippen molar-refractivity contribution in [1.82, 2.24) is 15.5 Å². The van der Waals surface area contributed by atoms with Gasteiger partial charge in [0.1, 0.15) is 35.7 Å². The molecule has 1 aliphatic heterocycles. The third kappa shape index (κ3) is 7.91. The van der Waals surface area contributed by atoms with Crippen LogP contribution in [0.1, 0.15) is 30.9 Å². The molecule has 0 spiro atoms. The molecule has 1 heterocycles. The van der Waals surface area contributed by atoms with E-state index in [9.17, 15) is 39.6 Å². The molecule has 2 aromatic carbocycles. The fraction of sp³-hybridized carbons (Fsp3) is 0.407. The van der Waals surface area contributed by atoms with E-state index in [2.05, 4.69) is 10.6 Å². The highest BCUT2D eigenvalue weighted by Crippen LogP contribution is 2.21. The maximum Gasteiger partial charge on any atom is 0.326 e. The Morgan fingerprint density at radius 2 is 1.44 bits per heavy atom. The molecule has 12 nitrogen and oxygen atoms in total. The lowest BCUT2D eigenvalue weighted by Crippen LogP contribution is -2.58. The molecule has 39 heavy (non-hydrogen) atoms. The number of phenols is 2. The number of carbonyl (C=O) groups is 4. The maximum atomic E-state index is 13.6. The lowest BCUT2D eigenvalue weighted by Gasteiger charge is -2.30. The van der Waals surface area contributed by atoms with Gasteiger partial charge in [0, 0.05) is 19.4 Å². The Morgan fingerprint density at radius 3 is 1.92 bits per heavy atom. The molecular weight excluding hydrogens is 508 g/mol.